The summed E-state index contributed by atoms with van der Waals surface area (Å²) in [5, 5.41) is 0. The van der Waals surface area contributed by atoms with E-state index >= 15 is 0 Å². The predicted octanol–water partition coefficient (Wildman–Crippen LogP) is 2.30. The average Bonchev–Trinajstić information content (AvgIpc) is 2.22. The summed E-state index contributed by atoms with van der Waals surface area (Å²) < 4.78 is 15.7. The van der Waals surface area contributed by atoms with Gasteiger partial charge in [0.2, 0.25) is 0 Å². The first kappa shape index (κ1) is 12.0. The van der Waals surface area contributed by atoms with Gasteiger partial charge in [0.25, 0.3) is 0 Å². The Labute approximate surface area is 91.0 Å². The number of aryl methyl sites for hydroxylation is 2. The van der Waals surface area contributed by atoms with Gasteiger partial charge >= 0.3 is 0 Å². The summed E-state index contributed by atoms with van der Waals surface area (Å²) in [4.78, 5) is 0. The fourth-order valence-electron chi connectivity index (χ4n) is 1.35. The van der Waals surface area contributed by atoms with E-state index in [1.54, 1.807) is 14.2 Å². The van der Waals surface area contributed by atoms with Crippen LogP contribution >= 0.6 is 0 Å². The molecule has 3 heteroatoms. The van der Waals surface area contributed by atoms with Crippen LogP contribution in [0.4, 0.5) is 0 Å². The zero-order valence-electron chi connectivity index (χ0n) is 9.74. The van der Waals surface area contributed by atoms with Gasteiger partial charge in [0.1, 0.15) is 12.4 Å². The van der Waals surface area contributed by atoms with Crippen LogP contribution in [0.25, 0.3) is 0 Å². The number of benzene rings is 1. The van der Waals surface area contributed by atoms with E-state index in [2.05, 4.69) is 13.0 Å². The smallest absolute Gasteiger partial charge is 0.191 e. The van der Waals surface area contributed by atoms with Gasteiger partial charge in [-0.05, 0) is 25.5 Å². The minimum absolute atomic E-state index is 0.314. The van der Waals surface area contributed by atoms with Crippen LogP contribution in [-0.4, -0.2) is 27.1 Å². The van der Waals surface area contributed by atoms with Crippen molar-refractivity contribution in [1.29, 1.82) is 0 Å². The first-order valence-electron chi connectivity index (χ1n) is 4.93. The van der Waals surface area contributed by atoms with Crippen LogP contribution in [0.1, 0.15) is 11.1 Å². The van der Waals surface area contributed by atoms with E-state index in [0.29, 0.717) is 6.61 Å². The fourth-order valence-corrected chi connectivity index (χ4v) is 1.35. The number of hydrogen-bond acceptors (Lipinski definition) is 3. The van der Waals surface area contributed by atoms with Gasteiger partial charge in [0.15, 0.2) is 6.29 Å². The summed E-state index contributed by atoms with van der Waals surface area (Å²) in [6, 6.07) is 6.08. The zero-order valence-corrected chi connectivity index (χ0v) is 9.74. The quantitative estimate of drug-likeness (QED) is 0.698. The van der Waals surface area contributed by atoms with Crippen molar-refractivity contribution in [3.8, 4) is 5.75 Å². The van der Waals surface area contributed by atoms with Crippen LogP contribution in [-0.2, 0) is 9.47 Å². The second-order valence-corrected chi connectivity index (χ2v) is 3.48. The number of methoxy groups -OCH3 is 2. The molecular formula is C12H18O3. The van der Waals surface area contributed by atoms with Crippen molar-refractivity contribution < 1.29 is 14.2 Å². The SMILES string of the molecule is COC(COc1ccc(C)cc1C)OC. The molecule has 1 aromatic carbocycles. The van der Waals surface area contributed by atoms with E-state index in [1.165, 1.54) is 5.56 Å². The molecule has 0 amide bonds. The van der Waals surface area contributed by atoms with Crippen LogP contribution < -0.4 is 4.74 Å². The topological polar surface area (TPSA) is 27.7 Å². The van der Waals surface area contributed by atoms with Crippen LogP contribution in [0.2, 0.25) is 0 Å². The molecule has 0 radical (unpaired) electrons. The zero-order chi connectivity index (χ0) is 11.3. The summed E-state index contributed by atoms with van der Waals surface area (Å²) >= 11 is 0. The summed E-state index contributed by atoms with van der Waals surface area (Å²) in [5.74, 6) is 0.875. The molecule has 0 aliphatic carbocycles. The molecule has 0 N–H and O–H groups in total. The lowest BCUT2D eigenvalue weighted by molar-refractivity contribution is -0.122. The normalized spacial score (nSPS) is 10.7. The standard InChI is InChI=1S/C12H18O3/c1-9-5-6-11(10(2)7-9)15-8-12(13-3)14-4/h5-7,12H,8H2,1-4H3. The van der Waals surface area contributed by atoms with E-state index in [1.807, 2.05) is 19.1 Å². The van der Waals surface area contributed by atoms with Gasteiger partial charge in [0, 0.05) is 14.2 Å². The summed E-state index contributed by atoms with van der Waals surface area (Å²) in [6.07, 6.45) is -0.314. The van der Waals surface area contributed by atoms with Gasteiger partial charge in [0.05, 0.1) is 0 Å². The molecule has 1 aromatic rings. The molecule has 0 atom stereocenters. The molecule has 0 spiro atoms. The molecule has 3 nitrogen and oxygen atoms in total. The molecular weight excluding hydrogens is 192 g/mol. The lowest BCUT2D eigenvalue weighted by atomic mass is 10.1. The summed E-state index contributed by atoms with van der Waals surface area (Å²) in [5.41, 5.74) is 2.36. The van der Waals surface area contributed by atoms with Crippen molar-refractivity contribution in [3.05, 3.63) is 29.3 Å². The first-order valence-corrected chi connectivity index (χ1v) is 4.93. The van der Waals surface area contributed by atoms with Crippen molar-refractivity contribution >= 4 is 0 Å². The Bertz CT molecular complexity index is 306. The fraction of sp³-hybridized carbons (Fsp3) is 0.500. The highest BCUT2D eigenvalue weighted by atomic mass is 16.7. The average molecular weight is 210 g/mol. The maximum atomic E-state index is 5.59. The maximum Gasteiger partial charge on any atom is 0.191 e. The second-order valence-electron chi connectivity index (χ2n) is 3.48. The molecule has 0 aliphatic heterocycles. The van der Waals surface area contributed by atoms with Gasteiger partial charge in [-0.2, -0.15) is 0 Å². The Kier molecular flexibility index (Phi) is 4.59. The minimum atomic E-state index is -0.314. The Morgan fingerprint density at radius 2 is 1.80 bits per heavy atom. The van der Waals surface area contributed by atoms with Gasteiger partial charge in [-0.1, -0.05) is 17.7 Å². The minimum Gasteiger partial charge on any atom is -0.488 e. The molecule has 0 aliphatic rings. The molecule has 1 rings (SSSR count). The Hall–Kier alpha value is -1.06. The number of ether oxygens (including phenoxy) is 3. The van der Waals surface area contributed by atoms with Crippen LogP contribution in [0.3, 0.4) is 0 Å². The van der Waals surface area contributed by atoms with E-state index in [4.69, 9.17) is 14.2 Å². The molecule has 0 aromatic heterocycles. The molecule has 84 valence electrons. The van der Waals surface area contributed by atoms with E-state index in [-0.39, 0.29) is 6.29 Å². The molecule has 0 saturated heterocycles. The highest BCUT2D eigenvalue weighted by molar-refractivity contribution is 5.35. The largest absolute Gasteiger partial charge is 0.488 e. The van der Waals surface area contributed by atoms with Gasteiger partial charge in [-0.15, -0.1) is 0 Å². The van der Waals surface area contributed by atoms with Crippen molar-refractivity contribution in [1.82, 2.24) is 0 Å². The highest BCUT2D eigenvalue weighted by Crippen LogP contribution is 2.18. The molecule has 0 unspecified atom stereocenters. The molecule has 0 heterocycles. The highest BCUT2D eigenvalue weighted by Gasteiger charge is 2.07. The van der Waals surface area contributed by atoms with E-state index in [9.17, 15) is 0 Å². The number of rotatable bonds is 5. The molecule has 15 heavy (non-hydrogen) atoms. The van der Waals surface area contributed by atoms with Gasteiger partial charge < -0.3 is 14.2 Å². The van der Waals surface area contributed by atoms with Crippen LogP contribution in [0, 0.1) is 13.8 Å². The van der Waals surface area contributed by atoms with Crippen molar-refractivity contribution in [2.45, 2.75) is 20.1 Å². The second kappa shape index (κ2) is 5.73. The Morgan fingerprint density at radius 1 is 1.13 bits per heavy atom. The van der Waals surface area contributed by atoms with Crippen molar-refractivity contribution in [3.63, 3.8) is 0 Å². The van der Waals surface area contributed by atoms with Crippen molar-refractivity contribution in [2.75, 3.05) is 20.8 Å². The summed E-state index contributed by atoms with van der Waals surface area (Å²) in [6.45, 7) is 4.48. The lowest BCUT2D eigenvalue weighted by Gasteiger charge is -2.15. The third-order valence-electron chi connectivity index (χ3n) is 2.23. The van der Waals surface area contributed by atoms with E-state index < -0.39 is 0 Å². The Morgan fingerprint density at radius 3 is 2.33 bits per heavy atom. The van der Waals surface area contributed by atoms with Crippen LogP contribution in [0.5, 0.6) is 5.75 Å². The van der Waals surface area contributed by atoms with Gasteiger partial charge in [-0.3, -0.25) is 0 Å². The Balaban J connectivity index is 2.57. The molecule has 0 saturated carbocycles. The number of hydrogen-bond donors (Lipinski definition) is 0. The third-order valence-corrected chi connectivity index (χ3v) is 2.23. The maximum absolute atomic E-state index is 5.59. The van der Waals surface area contributed by atoms with Crippen LogP contribution in [0.15, 0.2) is 18.2 Å². The summed E-state index contributed by atoms with van der Waals surface area (Å²) in [7, 11) is 3.19. The van der Waals surface area contributed by atoms with Gasteiger partial charge in [-0.25, -0.2) is 0 Å². The predicted molar refractivity (Wildman–Crippen MR) is 59.2 cm³/mol. The molecule has 0 fully saturated rings. The lowest BCUT2D eigenvalue weighted by Crippen LogP contribution is -2.22. The molecule has 0 bridgehead atoms. The third kappa shape index (κ3) is 3.53. The van der Waals surface area contributed by atoms with E-state index in [0.717, 1.165) is 11.3 Å². The van der Waals surface area contributed by atoms with Crippen molar-refractivity contribution in [2.24, 2.45) is 0 Å². The first-order chi connectivity index (χ1) is 7.17. The monoisotopic (exact) mass is 210 g/mol.